The van der Waals surface area contributed by atoms with Gasteiger partial charge in [0, 0.05) is 24.0 Å². The minimum Gasteiger partial charge on any atom is -0.354 e. The van der Waals surface area contributed by atoms with Crippen molar-refractivity contribution in [2.24, 2.45) is 0 Å². The summed E-state index contributed by atoms with van der Waals surface area (Å²) in [5.41, 5.74) is 3.76. The number of anilines is 1. The van der Waals surface area contributed by atoms with Crippen molar-refractivity contribution in [1.29, 1.82) is 0 Å². The van der Waals surface area contributed by atoms with Crippen molar-refractivity contribution in [3.63, 3.8) is 0 Å². The van der Waals surface area contributed by atoms with Gasteiger partial charge in [0.05, 0.1) is 10.6 Å². The summed E-state index contributed by atoms with van der Waals surface area (Å²) in [6, 6.07) is 29.7. The fourth-order valence-corrected chi connectivity index (χ4v) is 6.93. The third-order valence-electron chi connectivity index (χ3n) is 7.52. The average molecular weight is 677 g/mol. The average Bonchev–Trinajstić information content (AvgIpc) is 3.02. The second kappa shape index (κ2) is 15.2. The number of sulfonamides is 1. The van der Waals surface area contributed by atoms with Crippen molar-refractivity contribution in [1.82, 2.24) is 10.2 Å². The van der Waals surface area contributed by atoms with E-state index in [1.54, 1.807) is 30.3 Å². The maximum Gasteiger partial charge on any atom is 0.264 e. The lowest BCUT2D eigenvalue weighted by atomic mass is 10.0. The summed E-state index contributed by atoms with van der Waals surface area (Å²) in [5.74, 6) is -0.777. The Hall–Kier alpha value is -3.95. The summed E-state index contributed by atoms with van der Waals surface area (Å²) in [4.78, 5) is 29.9. The highest BCUT2D eigenvalue weighted by Crippen LogP contribution is 2.29. The molecule has 0 unspecified atom stereocenters. The van der Waals surface area contributed by atoms with Crippen LogP contribution < -0.4 is 9.62 Å². The van der Waals surface area contributed by atoms with E-state index >= 15 is 0 Å². The lowest BCUT2D eigenvalue weighted by Crippen LogP contribution is -2.53. The standard InChI is InChI=1S/C35H38BrN3O4S/c1-4-21-37-35(41)33(23-28-14-7-5-8-15-28)38(24-29-16-12-17-30(36)22-29)34(40)25-39(32-20-11-13-26(2)27(32)3)44(42,43)31-18-9-6-10-19-31/h5-20,22,33H,4,21,23-25H2,1-3H3,(H,37,41)/t33-/m0/s1. The first kappa shape index (κ1) is 33.0. The van der Waals surface area contributed by atoms with Crippen molar-refractivity contribution in [2.75, 3.05) is 17.4 Å². The van der Waals surface area contributed by atoms with Gasteiger partial charge in [0.2, 0.25) is 11.8 Å². The second-order valence-corrected chi connectivity index (χ2v) is 13.5. The fourth-order valence-electron chi connectivity index (χ4n) is 4.99. The highest BCUT2D eigenvalue weighted by Gasteiger charge is 2.35. The van der Waals surface area contributed by atoms with Crippen molar-refractivity contribution < 1.29 is 18.0 Å². The molecule has 0 saturated carbocycles. The van der Waals surface area contributed by atoms with Crippen LogP contribution in [0, 0.1) is 13.8 Å². The van der Waals surface area contributed by atoms with Crippen molar-refractivity contribution >= 4 is 43.5 Å². The number of aryl methyl sites for hydroxylation is 1. The van der Waals surface area contributed by atoms with Crippen molar-refractivity contribution in [2.45, 2.75) is 51.1 Å². The number of nitrogens with zero attached hydrogens (tertiary/aromatic N) is 2. The molecule has 9 heteroatoms. The summed E-state index contributed by atoms with van der Waals surface area (Å²) in [7, 11) is -4.14. The van der Waals surface area contributed by atoms with Crippen molar-refractivity contribution in [3.8, 4) is 0 Å². The maximum absolute atomic E-state index is 14.5. The number of carbonyl (C=O) groups is 2. The van der Waals surface area contributed by atoms with Gasteiger partial charge in [0.25, 0.3) is 10.0 Å². The number of hydrogen-bond acceptors (Lipinski definition) is 4. The molecule has 4 aromatic rings. The highest BCUT2D eigenvalue weighted by atomic mass is 79.9. The smallest absolute Gasteiger partial charge is 0.264 e. The zero-order chi connectivity index (χ0) is 31.7. The molecule has 1 N–H and O–H groups in total. The Morgan fingerprint density at radius 2 is 1.48 bits per heavy atom. The second-order valence-electron chi connectivity index (χ2n) is 10.7. The molecule has 0 aromatic heterocycles. The van der Waals surface area contributed by atoms with Gasteiger partial charge in [0.15, 0.2) is 0 Å². The molecule has 0 spiro atoms. The first-order chi connectivity index (χ1) is 21.1. The summed E-state index contributed by atoms with van der Waals surface area (Å²) in [5, 5.41) is 2.97. The Morgan fingerprint density at radius 1 is 0.841 bits per heavy atom. The molecule has 4 aromatic carbocycles. The Balaban J connectivity index is 1.82. The van der Waals surface area contributed by atoms with E-state index in [-0.39, 0.29) is 23.8 Å². The van der Waals surface area contributed by atoms with E-state index in [0.29, 0.717) is 12.2 Å². The monoisotopic (exact) mass is 675 g/mol. The zero-order valence-corrected chi connectivity index (χ0v) is 27.6. The van der Waals surface area contributed by atoms with E-state index in [1.165, 1.54) is 21.3 Å². The van der Waals surface area contributed by atoms with Crippen LogP contribution in [0.25, 0.3) is 0 Å². The number of rotatable bonds is 13. The van der Waals surface area contributed by atoms with E-state index in [9.17, 15) is 18.0 Å². The van der Waals surface area contributed by atoms with Crippen LogP contribution in [0.3, 0.4) is 0 Å². The molecule has 0 saturated heterocycles. The molecule has 0 aliphatic carbocycles. The van der Waals surface area contributed by atoms with Gasteiger partial charge in [0.1, 0.15) is 12.6 Å². The lowest BCUT2D eigenvalue weighted by molar-refractivity contribution is -0.140. The molecule has 4 rings (SSSR count). The van der Waals surface area contributed by atoms with E-state index in [4.69, 9.17) is 0 Å². The number of amides is 2. The Kier molecular flexibility index (Phi) is 11.4. The molecule has 1 atom stereocenters. The van der Waals surface area contributed by atoms with Crippen LogP contribution in [0.2, 0.25) is 0 Å². The Labute approximate surface area is 269 Å². The van der Waals surface area contributed by atoms with E-state index in [1.807, 2.05) is 81.4 Å². The Bertz CT molecular complexity index is 1680. The molecule has 0 radical (unpaired) electrons. The van der Waals surface area contributed by atoms with E-state index in [0.717, 1.165) is 33.1 Å². The molecular formula is C35H38BrN3O4S. The molecule has 0 aliphatic heterocycles. The van der Waals surface area contributed by atoms with Gasteiger partial charge in [-0.05, 0) is 72.9 Å². The van der Waals surface area contributed by atoms with Gasteiger partial charge in [-0.2, -0.15) is 0 Å². The maximum atomic E-state index is 14.5. The minimum absolute atomic E-state index is 0.0776. The molecule has 0 aliphatic rings. The minimum atomic E-state index is -4.14. The Morgan fingerprint density at radius 3 is 2.14 bits per heavy atom. The summed E-state index contributed by atoms with van der Waals surface area (Å²) in [6.45, 7) is 5.80. The molecule has 7 nitrogen and oxygen atoms in total. The normalized spacial score (nSPS) is 11.9. The predicted octanol–water partition coefficient (Wildman–Crippen LogP) is 6.43. The first-order valence-corrected chi connectivity index (χ1v) is 16.8. The molecule has 230 valence electrons. The van der Waals surface area contributed by atoms with Crippen molar-refractivity contribution in [3.05, 3.63) is 130 Å². The third-order valence-corrected chi connectivity index (χ3v) is 9.78. The van der Waals surface area contributed by atoms with Gasteiger partial charge in [-0.3, -0.25) is 13.9 Å². The van der Waals surface area contributed by atoms with Gasteiger partial charge >= 0.3 is 0 Å². The van der Waals surface area contributed by atoms with Crippen LogP contribution in [-0.4, -0.2) is 44.3 Å². The predicted molar refractivity (Wildman–Crippen MR) is 179 cm³/mol. The molecule has 0 fully saturated rings. The quantitative estimate of drug-likeness (QED) is 0.177. The number of carbonyl (C=O) groups excluding carboxylic acids is 2. The summed E-state index contributed by atoms with van der Waals surface area (Å²) < 4.78 is 30.3. The van der Waals surface area contributed by atoms with Gasteiger partial charge in [-0.15, -0.1) is 0 Å². The van der Waals surface area contributed by atoms with Crippen LogP contribution in [0.15, 0.2) is 112 Å². The molecule has 0 heterocycles. The van der Waals surface area contributed by atoms with Crippen LogP contribution in [0.1, 0.15) is 35.6 Å². The SMILES string of the molecule is CCCNC(=O)[C@H](Cc1ccccc1)N(Cc1cccc(Br)c1)C(=O)CN(c1cccc(C)c1C)S(=O)(=O)c1ccccc1. The van der Waals surface area contributed by atoms with E-state index < -0.39 is 28.5 Å². The van der Waals surface area contributed by atoms with Crippen LogP contribution >= 0.6 is 15.9 Å². The first-order valence-electron chi connectivity index (χ1n) is 14.6. The number of hydrogen-bond donors (Lipinski definition) is 1. The topological polar surface area (TPSA) is 86.8 Å². The van der Waals surface area contributed by atoms with Gasteiger partial charge < -0.3 is 10.2 Å². The third kappa shape index (κ3) is 8.15. The zero-order valence-electron chi connectivity index (χ0n) is 25.2. The largest absolute Gasteiger partial charge is 0.354 e. The van der Waals surface area contributed by atoms with E-state index in [2.05, 4.69) is 21.2 Å². The lowest BCUT2D eigenvalue weighted by Gasteiger charge is -2.34. The molecule has 44 heavy (non-hydrogen) atoms. The number of benzene rings is 4. The van der Waals surface area contributed by atoms with Gasteiger partial charge in [-0.1, -0.05) is 95.7 Å². The summed E-state index contributed by atoms with van der Waals surface area (Å²) >= 11 is 3.51. The van der Waals surface area contributed by atoms with Crippen LogP contribution in [0.5, 0.6) is 0 Å². The fraction of sp³-hybridized carbons (Fsp3) is 0.257. The highest BCUT2D eigenvalue weighted by molar-refractivity contribution is 9.10. The van der Waals surface area contributed by atoms with Gasteiger partial charge in [-0.25, -0.2) is 8.42 Å². The molecule has 2 amide bonds. The molecular weight excluding hydrogens is 638 g/mol. The number of halogens is 1. The van der Waals surface area contributed by atoms with Crippen LogP contribution in [-0.2, 0) is 32.6 Å². The molecule has 0 bridgehead atoms. The summed E-state index contributed by atoms with van der Waals surface area (Å²) in [6.07, 6.45) is 1.00. The number of nitrogens with one attached hydrogen (secondary N) is 1. The van der Waals surface area contributed by atoms with Crippen LogP contribution in [0.4, 0.5) is 5.69 Å².